The third-order valence-corrected chi connectivity index (χ3v) is 5.37. The topological polar surface area (TPSA) is 75.9 Å². The van der Waals surface area contributed by atoms with Crippen molar-refractivity contribution in [2.24, 2.45) is 0 Å². The minimum Gasteiger partial charge on any atom is -0.496 e. The number of aryl methyl sites for hydroxylation is 1. The van der Waals surface area contributed by atoms with E-state index in [2.05, 4.69) is 4.90 Å². The van der Waals surface area contributed by atoms with Crippen molar-refractivity contribution in [3.8, 4) is 5.75 Å². The van der Waals surface area contributed by atoms with Crippen molar-refractivity contribution in [2.75, 3.05) is 33.3 Å². The molecule has 2 aromatic carbocycles. The van der Waals surface area contributed by atoms with Gasteiger partial charge in [-0.2, -0.15) is 0 Å². The number of piperazine rings is 1. The Labute approximate surface area is 164 Å². The Hall–Kier alpha value is -2.93. The first-order valence-corrected chi connectivity index (χ1v) is 9.33. The summed E-state index contributed by atoms with van der Waals surface area (Å²) in [6.45, 7) is 6.67. The summed E-state index contributed by atoms with van der Waals surface area (Å²) in [5.74, 6) is 0.713. The van der Waals surface area contributed by atoms with E-state index in [1.807, 2.05) is 36.9 Å². The highest BCUT2D eigenvalue weighted by Gasteiger charge is 2.26. The number of methoxy groups -OCH3 is 1. The van der Waals surface area contributed by atoms with Crippen LogP contribution in [0.2, 0.25) is 0 Å². The normalized spacial score (nSPS) is 15.9. The minimum absolute atomic E-state index is 0.000881. The Kier molecular flexibility index (Phi) is 5.94. The van der Waals surface area contributed by atoms with Gasteiger partial charge in [-0.1, -0.05) is 18.2 Å². The van der Waals surface area contributed by atoms with Crippen LogP contribution >= 0.6 is 0 Å². The Balaban J connectivity index is 1.64. The molecule has 0 radical (unpaired) electrons. The van der Waals surface area contributed by atoms with Crippen LogP contribution in [0.5, 0.6) is 5.75 Å². The maximum Gasteiger partial charge on any atom is 0.269 e. The lowest BCUT2D eigenvalue weighted by molar-refractivity contribution is -0.385. The second-order valence-corrected chi connectivity index (χ2v) is 7.04. The molecule has 1 unspecified atom stereocenters. The lowest BCUT2D eigenvalue weighted by Crippen LogP contribution is -2.49. The van der Waals surface area contributed by atoms with Crippen molar-refractivity contribution in [2.45, 2.75) is 19.9 Å². The van der Waals surface area contributed by atoms with Crippen molar-refractivity contribution in [3.63, 3.8) is 0 Å². The molecule has 7 heteroatoms. The number of carbonyl (C=O) groups is 1. The third kappa shape index (κ3) is 4.14. The largest absolute Gasteiger partial charge is 0.496 e. The zero-order valence-corrected chi connectivity index (χ0v) is 16.4. The van der Waals surface area contributed by atoms with Crippen LogP contribution in [0.4, 0.5) is 5.69 Å². The molecule has 0 N–H and O–H groups in total. The monoisotopic (exact) mass is 383 g/mol. The van der Waals surface area contributed by atoms with E-state index in [4.69, 9.17) is 4.74 Å². The molecule has 0 aliphatic carbocycles. The van der Waals surface area contributed by atoms with Crippen LogP contribution in [-0.4, -0.2) is 53.9 Å². The molecule has 0 spiro atoms. The highest BCUT2D eigenvalue weighted by atomic mass is 16.6. The van der Waals surface area contributed by atoms with Crippen molar-refractivity contribution in [1.29, 1.82) is 0 Å². The van der Waals surface area contributed by atoms with Crippen LogP contribution in [0.1, 0.15) is 34.5 Å². The van der Waals surface area contributed by atoms with Gasteiger partial charge in [-0.15, -0.1) is 0 Å². The molecule has 1 atom stereocenters. The summed E-state index contributed by atoms with van der Waals surface area (Å²) < 4.78 is 5.32. The van der Waals surface area contributed by atoms with Crippen LogP contribution in [0.15, 0.2) is 42.5 Å². The quantitative estimate of drug-likeness (QED) is 0.584. The van der Waals surface area contributed by atoms with Crippen LogP contribution in [-0.2, 0) is 0 Å². The highest BCUT2D eigenvalue weighted by molar-refractivity contribution is 5.94. The molecule has 1 saturated heterocycles. The van der Waals surface area contributed by atoms with Gasteiger partial charge in [-0.25, -0.2) is 0 Å². The minimum atomic E-state index is -0.372. The molecule has 7 nitrogen and oxygen atoms in total. The average Bonchev–Trinajstić information content (AvgIpc) is 2.73. The van der Waals surface area contributed by atoms with E-state index in [1.54, 1.807) is 25.3 Å². The Bertz CT molecular complexity index is 876. The molecule has 0 aromatic heterocycles. The van der Waals surface area contributed by atoms with Gasteiger partial charge < -0.3 is 9.64 Å². The highest BCUT2D eigenvalue weighted by Crippen LogP contribution is 2.26. The van der Waals surface area contributed by atoms with Gasteiger partial charge in [0.2, 0.25) is 0 Å². The van der Waals surface area contributed by atoms with E-state index in [0.29, 0.717) is 24.4 Å². The summed E-state index contributed by atoms with van der Waals surface area (Å²) in [7, 11) is 1.60. The fourth-order valence-corrected chi connectivity index (χ4v) is 3.56. The first kappa shape index (κ1) is 19.8. The first-order chi connectivity index (χ1) is 13.4. The summed E-state index contributed by atoms with van der Waals surface area (Å²) in [5.41, 5.74) is 2.64. The zero-order valence-electron chi connectivity index (χ0n) is 16.4. The summed E-state index contributed by atoms with van der Waals surface area (Å²) in [4.78, 5) is 27.6. The molecule has 1 heterocycles. The number of ether oxygens (including phenoxy) is 1. The predicted molar refractivity (Wildman–Crippen MR) is 107 cm³/mol. The molecule has 1 amide bonds. The Morgan fingerprint density at radius 1 is 1.14 bits per heavy atom. The van der Waals surface area contributed by atoms with E-state index in [9.17, 15) is 14.9 Å². The van der Waals surface area contributed by atoms with E-state index < -0.39 is 0 Å². The van der Waals surface area contributed by atoms with Gasteiger partial charge in [-0.3, -0.25) is 19.8 Å². The van der Waals surface area contributed by atoms with Crippen molar-refractivity contribution in [1.82, 2.24) is 9.80 Å². The maximum absolute atomic E-state index is 12.8. The number of benzene rings is 2. The second-order valence-electron chi connectivity index (χ2n) is 7.04. The number of carbonyl (C=O) groups excluding carboxylic acids is 1. The van der Waals surface area contributed by atoms with Crippen LogP contribution in [0.25, 0.3) is 0 Å². The molecule has 0 bridgehead atoms. The molecule has 28 heavy (non-hydrogen) atoms. The van der Waals surface area contributed by atoms with Gasteiger partial charge in [0, 0.05) is 49.9 Å². The molecule has 0 saturated carbocycles. The van der Waals surface area contributed by atoms with Gasteiger partial charge in [0.1, 0.15) is 5.75 Å². The van der Waals surface area contributed by atoms with Gasteiger partial charge in [0.05, 0.1) is 12.0 Å². The number of nitro benzene ring substituents is 1. The number of non-ortho nitro benzene ring substituents is 1. The van der Waals surface area contributed by atoms with Crippen LogP contribution in [0.3, 0.4) is 0 Å². The van der Waals surface area contributed by atoms with Gasteiger partial charge in [0.15, 0.2) is 0 Å². The maximum atomic E-state index is 12.8. The standard InChI is InChI=1S/C21H25N3O4/c1-15-7-8-18(14-20(15)28-3)21(25)23-11-9-22(10-12-23)16(2)17-5-4-6-19(13-17)24(26)27/h4-8,13-14,16H,9-12H2,1-3H3. The molecule has 148 valence electrons. The van der Waals surface area contributed by atoms with E-state index in [0.717, 1.165) is 24.2 Å². The molecule has 3 rings (SSSR count). The lowest BCUT2D eigenvalue weighted by Gasteiger charge is -2.38. The molecular weight excluding hydrogens is 358 g/mol. The third-order valence-electron chi connectivity index (χ3n) is 5.37. The smallest absolute Gasteiger partial charge is 0.269 e. The summed E-state index contributed by atoms with van der Waals surface area (Å²) in [6, 6.07) is 12.3. The Morgan fingerprint density at radius 3 is 2.50 bits per heavy atom. The molecule has 2 aromatic rings. The van der Waals surface area contributed by atoms with Gasteiger partial charge >= 0.3 is 0 Å². The van der Waals surface area contributed by atoms with E-state index in [-0.39, 0.29) is 22.6 Å². The number of hydrogen-bond acceptors (Lipinski definition) is 5. The number of nitrogens with zero attached hydrogens (tertiary/aromatic N) is 3. The van der Waals surface area contributed by atoms with E-state index >= 15 is 0 Å². The number of hydrogen-bond donors (Lipinski definition) is 0. The SMILES string of the molecule is COc1cc(C(=O)N2CCN(C(C)c3cccc([N+](=O)[O-])c3)CC2)ccc1C. The lowest BCUT2D eigenvalue weighted by atomic mass is 10.0. The molecule has 1 fully saturated rings. The summed E-state index contributed by atoms with van der Waals surface area (Å²) >= 11 is 0. The zero-order chi connectivity index (χ0) is 20.3. The van der Waals surface area contributed by atoms with Crippen LogP contribution in [0, 0.1) is 17.0 Å². The number of rotatable bonds is 5. The van der Waals surface area contributed by atoms with Gasteiger partial charge in [0.25, 0.3) is 11.6 Å². The predicted octanol–water partition coefficient (Wildman–Crippen LogP) is 3.43. The first-order valence-electron chi connectivity index (χ1n) is 9.33. The van der Waals surface area contributed by atoms with Gasteiger partial charge in [-0.05, 0) is 37.1 Å². The number of amides is 1. The molecule has 1 aliphatic heterocycles. The summed E-state index contributed by atoms with van der Waals surface area (Å²) in [5, 5.41) is 11.0. The second kappa shape index (κ2) is 8.39. The fourth-order valence-electron chi connectivity index (χ4n) is 3.56. The Morgan fingerprint density at radius 2 is 1.86 bits per heavy atom. The van der Waals surface area contributed by atoms with Crippen molar-refractivity contribution in [3.05, 3.63) is 69.3 Å². The molecular formula is C21H25N3O4. The van der Waals surface area contributed by atoms with Crippen LogP contribution < -0.4 is 4.74 Å². The number of nitro groups is 1. The summed E-state index contributed by atoms with van der Waals surface area (Å²) in [6.07, 6.45) is 0. The fraction of sp³-hybridized carbons (Fsp3) is 0.381. The average molecular weight is 383 g/mol. The van der Waals surface area contributed by atoms with E-state index in [1.165, 1.54) is 6.07 Å². The van der Waals surface area contributed by atoms with Crippen molar-refractivity contribution >= 4 is 11.6 Å². The van der Waals surface area contributed by atoms with Crippen molar-refractivity contribution < 1.29 is 14.5 Å². The molecule has 1 aliphatic rings.